The van der Waals surface area contributed by atoms with E-state index in [0.717, 1.165) is 13.1 Å². The molecule has 0 aliphatic carbocycles. The van der Waals surface area contributed by atoms with Crippen molar-refractivity contribution in [2.45, 2.75) is 91.9 Å². The van der Waals surface area contributed by atoms with Crippen LogP contribution in [0.25, 0.3) is 0 Å². The zero-order chi connectivity index (χ0) is 28.1. The van der Waals surface area contributed by atoms with Crippen molar-refractivity contribution in [3.05, 3.63) is 35.4 Å². The van der Waals surface area contributed by atoms with Gasteiger partial charge in [-0.1, -0.05) is 55.4 Å². The topological polar surface area (TPSA) is 95.1 Å². The van der Waals surface area contributed by atoms with E-state index in [-0.39, 0.29) is 36.1 Å². The first-order valence-corrected chi connectivity index (χ1v) is 14.2. The third-order valence-corrected chi connectivity index (χ3v) is 8.43. The molecule has 0 amide bonds. The second kappa shape index (κ2) is 12.9. The highest BCUT2D eigenvalue weighted by Crippen LogP contribution is 2.38. The zero-order valence-corrected chi connectivity index (χ0v) is 24.5. The number of hydrogen-bond acceptors (Lipinski definition) is 8. The SMILES string of the molecule is CC(C)C(CC1NCCO1)(OC(=O)c1ccc(C(=O)OC(CC2NCCO2)(C(C)C)C(C)C)cc1)C(C)C. The van der Waals surface area contributed by atoms with Crippen LogP contribution in [0.15, 0.2) is 24.3 Å². The lowest BCUT2D eigenvalue weighted by molar-refractivity contribution is -0.101. The van der Waals surface area contributed by atoms with E-state index in [4.69, 9.17) is 18.9 Å². The van der Waals surface area contributed by atoms with Gasteiger partial charge in [0, 0.05) is 25.9 Å². The molecule has 2 saturated heterocycles. The summed E-state index contributed by atoms with van der Waals surface area (Å²) in [5.74, 6) is -0.465. The Morgan fingerprint density at radius 2 is 1.03 bits per heavy atom. The van der Waals surface area contributed by atoms with Gasteiger partial charge in [-0.2, -0.15) is 0 Å². The van der Waals surface area contributed by atoms with Gasteiger partial charge >= 0.3 is 11.9 Å². The Kier molecular flexibility index (Phi) is 10.4. The first-order valence-electron chi connectivity index (χ1n) is 14.2. The standard InChI is InChI=1S/C30H48N2O6/c1-19(2)29(20(3)4,17-25-31-13-15-35-25)37-27(33)23-9-11-24(12-10-23)28(34)38-30(21(5)6,22(7)8)18-26-32-14-16-36-26/h9-12,19-22,25-26,31-32H,13-18H2,1-8H3. The molecule has 2 aliphatic rings. The van der Waals surface area contributed by atoms with Crippen molar-refractivity contribution in [2.24, 2.45) is 23.7 Å². The van der Waals surface area contributed by atoms with Crippen LogP contribution in [-0.2, 0) is 18.9 Å². The van der Waals surface area contributed by atoms with Crippen molar-refractivity contribution in [1.29, 1.82) is 0 Å². The molecule has 8 heteroatoms. The van der Waals surface area contributed by atoms with Crippen LogP contribution in [0.3, 0.4) is 0 Å². The summed E-state index contributed by atoms with van der Waals surface area (Å²) < 4.78 is 24.0. The molecule has 2 fully saturated rings. The maximum atomic E-state index is 13.3. The minimum absolute atomic E-state index is 0.0882. The molecular weight excluding hydrogens is 484 g/mol. The smallest absolute Gasteiger partial charge is 0.338 e. The van der Waals surface area contributed by atoms with Gasteiger partial charge in [0.15, 0.2) is 0 Å². The molecule has 0 spiro atoms. The van der Waals surface area contributed by atoms with Crippen molar-refractivity contribution in [1.82, 2.24) is 10.6 Å². The predicted molar refractivity (Wildman–Crippen MR) is 147 cm³/mol. The number of hydrogen-bond donors (Lipinski definition) is 2. The Morgan fingerprint density at radius 1 is 0.711 bits per heavy atom. The number of carbonyl (C=O) groups excluding carboxylic acids is 2. The van der Waals surface area contributed by atoms with Crippen molar-refractivity contribution in [3.8, 4) is 0 Å². The molecule has 2 N–H and O–H groups in total. The average Bonchev–Trinajstić information content (AvgIpc) is 3.56. The number of ether oxygens (including phenoxy) is 4. The van der Waals surface area contributed by atoms with E-state index in [1.165, 1.54) is 0 Å². The molecule has 0 radical (unpaired) electrons. The Hall–Kier alpha value is -2.00. The zero-order valence-electron chi connectivity index (χ0n) is 24.5. The molecule has 0 bridgehead atoms. The lowest BCUT2D eigenvalue weighted by Gasteiger charge is -2.42. The Morgan fingerprint density at radius 3 is 1.26 bits per heavy atom. The highest BCUT2D eigenvalue weighted by Gasteiger charge is 2.45. The molecule has 2 atom stereocenters. The molecule has 38 heavy (non-hydrogen) atoms. The van der Waals surface area contributed by atoms with Crippen LogP contribution in [0, 0.1) is 23.7 Å². The number of esters is 2. The van der Waals surface area contributed by atoms with Crippen molar-refractivity contribution < 1.29 is 28.5 Å². The molecule has 2 aliphatic heterocycles. The van der Waals surface area contributed by atoms with Gasteiger partial charge in [0.2, 0.25) is 0 Å². The molecule has 0 saturated carbocycles. The van der Waals surface area contributed by atoms with E-state index in [0.29, 0.717) is 37.2 Å². The normalized spacial score (nSPS) is 20.6. The maximum absolute atomic E-state index is 13.3. The molecule has 8 nitrogen and oxygen atoms in total. The van der Waals surface area contributed by atoms with Crippen LogP contribution in [0.1, 0.15) is 88.9 Å². The minimum Gasteiger partial charge on any atom is -0.455 e. The van der Waals surface area contributed by atoms with Gasteiger partial charge < -0.3 is 18.9 Å². The fraction of sp³-hybridized carbons (Fsp3) is 0.733. The summed E-state index contributed by atoms with van der Waals surface area (Å²) in [4.78, 5) is 26.6. The molecule has 1 aromatic rings. The summed E-state index contributed by atoms with van der Waals surface area (Å²) >= 11 is 0. The molecule has 0 aromatic heterocycles. The minimum atomic E-state index is -0.693. The fourth-order valence-corrected chi connectivity index (χ4v) is 5.84. The number of rotatable bonds is 12. The van der Waals surface area contributed by atoms with Gasteiger partial charge in [-0.05, 0) is 47.9 Å². The highest BCUT2D eigenvalue weighted by atomic mass is 16.6. The molecule has 2 unspecified atom stereocenters. The van der Waals surface area contributed by atoms with E-state index in [1.807, 2.05) is 0 Å². The largest absolute Gasteiger partial charge is 0.455 e. The van der Waals surface area contributed by atoms with Crippen molar-refractivity contribution in [3.63, 3.8) is 0 Å². The van der Waals surface area contributed by atoms with Gasteiger partial charge in [-0.15, -0.1) is 0 Å². The van der Waals surface area contributed by atoms with E-state index < -0.39 is 23.1 Å². The summed E-state index contributed by atoms with van der Waals surface area (Å²) in [7, 11) is 0. The van der Waals surface area contributed by atoms with Crippen LogP contribution >= 0.6 is 0 Å². The fourth-order valence-electron chi connectivity index (χ4n) is 5.84. The number of nitrogens with one attached hydrogen (secondary N) is 2. The maximum Gasteiger partial charge on any atom is 0.338 e. The van der Waals surface area contributed by atoms with Gasteiger partial charge in [-0.25, -0.2) is 9.59 Å². The third kappa shape index (κ3) is 6.76. The lowest BCUT2D eigenvalue weighted by Crippen LogP contribution is -2.49. The first kappa shape index (κ1) is 30.5. The quantitative estimate of drug-likeness (QED) is 0.372. The van der Waals surface area contributed by atoms with Gasteiger partial charge in [0.1, 0.15) is 23.7 Å². The van der Waals surface area contributed by atoms with Crippen LogP contribution < -0.4 is 10.6 Å². The molecule has 3 rings (SSSR count). The lowest BCUT2D eigenvalue weighted by atomic mass is 9.77. The Labute approximate surface area is 228 Å². The van der Waals surface area contributed by atoms with E-state index in [1.54, 1.807) is 24.3 Å². The van der Waals surface area contributed by atoms with Gasteiger partial charge in [-0.3, -0.25) is 10.6 Å². The summed E-state index contributed by atoms with van der Waals surface area (Å²) in [5, 5.41) is 6.67. The second-order valence-electron chi connectivity index (χ2n) is 11.9. The Bertz CT molecular complexity index is 824. The van der Waals surface area contributed by atoms with Crippen molar-refractivity contribution in [2.75, 3.05) is 26.3 Å². The van der Waals surface area contributed by atoms with E-state index in [9.17, 15) is 9.59 Å². The Balaban J connectivity index is 1.75. The van der Waals surface area contributed by atoms with E-state index >= 15 is 0 Å². The number of benzene rings is 1. The summed E-state index contributed by atoms with van der Waals surface area (Å²) in [6.45, 7) is 19.5. The monoisotopic (exact) mass is 532 g/mol. The highest BCUT2D eigenvalue weighted by molar-refractivity contribution is 5.93. The molecule has 2 heterocycles. The van der Waals surface area contributed by atoms with Crippen LogP contribution in [0.5, 0.6) is 0 Å². The summed E-state index contributed by atoms with van der Waals surface area (Å²) in [6.07, 6.45) is 0.864. The van der Waals surface area contributed by atoms with Gasteiger partial charge in [0.05, 0.1) is 24.3 Å². The van der Waals surface area contributed by atoms with Crippen LogP contribution in [0.2, 0.25) is 0 Å². The van der Waals surface area contributed by atoms with Crippen LogP contribution in [-0.4, -0.2) is 61.9 Å². The second-order valence-corrected chi connectivity index (χ2v) is 11.9. The third-order valence-electron chi connectivity index (χ3n) is 8.43. The molecular formula is C30H48N2O6. The summed E-state index contributed by atoms with van der Waals surface area (Å²) in [6, 6.07) is 6.57. The summed E-state index contributed by atoms with van der Waals surface area (Å²) in [5.41, 5.74) is -0.590. The van der Waals surface area contributed by atoms with E-state index in [2.05, 4.69) is 66.0 Å². The van der Waals surface area contributed by atoms with Gasteiger partial charge in [0.25, 0.3) is 0 Å². The predicted octanol–water partition coefficient (Wildman–Crippen LogP) is 4.77. The average molecular weight is 533 g/mol. The number of carbonyl (C=O) groups is 2. The van der Waals surface area contributed by atoms with Crippen molar-refractivity contribution >= 4 is 11.9 Å². The first-order chi connectivity index (χ1) is 17.9. The van der Waals surface area contributed by atoms with Crippen LogP contribution in [0.4, 0.5) is 0 Å². The molecule has 1 aromatic carbocycles. The molecule has 214 valence electrons.